The number of halogens is 3. The fourth-order valence-corrected chi connectivity index (χ4v) is 2.08. The fourth-order valence-electron chi connectivity index (χ4n) is 1.71. The summed E-state index contributed by atoms with van der Waals surface area (Å²) in [6.07, 6.45) is 4.24. The van der Waals surface area contributed by atoms with Crippen LogP contribution in [0.25, 0.3) is 0 Å². The lowest BCUT2D eigenvalue weighted by molar-refractivity contribution is 0.572. The monoisotopic (exact) mass is 246 g/mol. The summed E-state index contributed by atoms with van der Waals surface area (Å²) in [5, 5.41) is 0.154. The Morgan fingerprint density at radius 2 is 2.00 bits per heavy atom. The van der Waals surface area contributed by atoms with Gasteiger partial charge >= 0.3 is 0 Å². The van der Waals surface area contributed by atoms with Gasteiger partial charge in [0.2, 0.25) is 0 Å². The number of benzene rings is 1. The van der Waals surface area contributed by atoms with E-state index in [1.165, 1.54) is 12.1 Å². The second kappa shape index (κ2) is 6.85. The number of alkyl halides is 1. The van der Waals surface area contributed by atoms with E-state index in [4.69, 9.17) is 11.6 Å². The van der Waals surface area contributed by atoms with E-state index in [2.05, 4.69) is 6.92 Å². The first-order valence-corrected chi connectivity index (χ1v) is 6.15. The van der Waals surface area contributed by atoms with E-state index in [-0.39, 0.29) is 17.0 Å². The van der Waals surface area contributed by atoms with Gasteiger partial charge in [-0.15, -0.1) is 11.6 Å². The van der Waals surface area contributed by atoms with E-state index in [0.717, 1.165) is 31.7 Å². The zero-order chi connectivity index (χ0) is 12.0. The smallest absolute Gasteiger partial charge is 0.126 e. The van der Waals surface area contributed by atoms with Gasteiger partial charge in [-0.3, -0.25) is 0 Å². The van der Waals surface area contributed by atoms with Crippen molar-refractivity contribution in [2.24, 2.45) is 0 Å². The summed E-state index contributed by atoms with van der Waals surface area (Å²) >= 11 is 6.05. The number of hydrogen-bond acceptors (Lipinski definition) is 0. The van der Waals surface area contributed by atoms with Gasteiger partial charge in [-0.2, -0.15) is 0 Å². The minimum Gasteiger partial charge on any atom is -0.207 e. The third-order valence-electron chi connectivity index (χ3n) is 2.57. The van der Waals surface area contributed by atoms with Gasteiger partial charge in [0.1, 0.15) is 11.6 Å². The van der Waals surface area contributed by atoms with E-state index in [0.29, 0.717) is 12.0 Å². The number of aryl methyl sites for hydroxylation is 1. The molecule has 0 aromatic heterocycles. The van der Waals surface area contributed by atoms with Crippen LogP contribution >= 0.6 is 11.6 Å². The second-order valence-electron chi connectivity index (χ2n) is 4.01. The van der Waals surface area contributed by atoms with Gasteiger partial charge in [0, 0.05) is 5.38 Å². The van der Waals surface area contributed by atoms with Crippen molar-refractivity contribution in [2.45, 2.75) is 44.4 Å². The van der Waals surface area contributed by atoms with Crippen molar-refractivity contribution in [1.82, 2.24) is 0 Å². The predicted octanol–water partition coefficient (Wildman–Crippen LogP) is 4.70. The third-order valence-corrected chi connectivity index (χ3v) is 3.01. The zero-order valence-corrected chi connectivity index (χ0v) is 10.2. The van der Waals surface area contributed by atoms with E-state index >= 15 is 0 Å². The van der Waals surface area contributed by atoms with Crippen molar-refractivity contribution < 1.29 is 8.78 Å². The van der Waals surface area contributed by atoms with Crippen LogP contribution in [0.3, 0.4) is 0 Å². The molecule has 0 radical (unpaired) electrons. The highest BCUT2D eigenvalue weighted by Crippen LogP contribution is 2.16. The van der Waals surface area contributed by atoms with Crippen LogP contribution in [-0.2, 0) is 6.42 Å². The predicted molar refractivity (Wildman–Crippen MR) is 63.8 cm³/mol. The van der Waals surface area contributed by atoms with Crippen molar-refractivity contribution in [3.8, 4) is 0 Å². The Morgan fingerprint density at radius 3 is 2.69 bits per heavy atom. The molecule has 90 valence electrons. The molecule has 1 aromatic carbocycles. The van der Waals surface area contributed by atoms with Crippen molar-refractivity contribution in [3.05, 3.63) is 35.4 Å². The van der Waals surface area contributed by atoms with Crippen LogP contribution < -0.4 is 0 Å². The Kier molecular flexibility index (Phi) is 5.75. The second-order valence-corrected chi connectivity index (χ2v) is 4.63. The van der Waals surface area contributed by atoms with E-state index < -0.39 is 0 Å². The van der Waals surface area contributed by atoms with Crippen LogP contribution in [0.1, 0.15) is 38.2 Å². The van der Waals surface area contributed by atoms with Crippen LogP contribution in [-0.4, -0.2) is 5.38 Å². The van der Waals surface area contributed by atoms with E-state index in [1.807, 2.05) is 0 Å². The van der Waals surface area contributed by atoms with Gasteiger partial charge in [-0.25, -0.2) is 8.78 Å². The Morgan fingerprint density at radius 1 is 1.25 bits per heavy atom. The molecule has 3 heteroatoms. The Bertz CT molecular complexity index is 326. The average Bonchev–Trinajstić information content (AvgIpc) is 2.23. The molecule has 0 saturated heterocycles. The van der Waals surface area contributed by atoms with Crippen LogP contribution in [0.5, 0.6) is 0 Å². The Balaban J connectivity index is 2.39. The summed E-state index contributed by atoms with van der Waals surface area (Å²) in [6, 6.07) is 3.58. The average molecular weight is 247 g/mol. The molecule has 0 fully saturated rings. The lowest BCUT2D eigenvalue weighted by Crippen LogP contribution is -2.00. The van der Waals surface area contributed by atoms with Gasteiger partial charge in [-0.1, -0.05) is 13.3 Å². The van der Waals surface area contributed by atoms with Crippen molar-refractivity contribution in [3.63, 3.8) is 0 Å². The molecule has 0 heterocycles. The molecule has 0 aliphatic heterocycles. The largest absolute Gasteiger partial charge is 0.207 e. The van der Waals surface area contributed by atoms with Crippen molar-refractivity contribution in [1.29, 1.82) is 0 Å². The van der Waals surface area contributed by atoms with Gasteiger partial charge in [0.25, 0.3) is 0 Å². The maximum Gasteiger partial charge on any atom is 0.126 e. The van der Waals surface area contributed by atoms with Gasteiger partial charge in [0.15, 0.2) is 0 Å². The van der Waals surface area contributed by atoms with Crippen molar-refractivity contribution in [2.75, 3.05) is 0 Å². The molecule has 1 unspecified atom stereocenters. The molecule has 16 heavy (non-hydrogen) atoms. The number of rotatable bonds is 6. The van der Waals surface area contributed by atoms with Crippen LogP contribution in [0.4, 0.5) is 8.78 Å². The topological polar surface area (TPSA) is 0 Å². The summed E-state index contributed by atoms with van der Waals surface area (Å²) in [6.45, 7) is 2.08. The minimum absolute atomic E-state index is 0.154. The molecule has 0 saturated carbocycles. The Hall–Kier alpha value is -0.630. The van der Waals surface area contributed by atoms with Gasteiger partial charge in [-0.05, 0) is 49.4 Å². The first-order chi connectivity index (χ1) is 7.63. The zero-order valence-electron chi connectivity index (χ0n) is 9.48. The first kappa shape index (κ1) is 13.4. The third kappa shape index (κ3) is 4.48. The van der Waals surface area contributed by atoms with Crippen LogP contribution in [0, 0.1) is 11.6 Å². The fraction of sp³-hybridized carbons (Fsp3) is 0.538. The van der Waals surface area contributed by atoms with E-state index in [9.17, 15) is 8.78 Å². The SMILES string of the molecule is CCCC(Cl)CCCc1cc(F)ccc1F. The summed E-state index contributed by atoms with van der Waals surface area (Å²) < 4.78 is 26.1. The molecular weight excluding hydrogens is 230 g/mol. The number of hydrogen-bond donors (Lipinski definition) is 0. The molecule has 0 aliphatic rings. The highest BCUT2D eigenvalue weighted by molar-refractivity contribution is 6.20. The maximum absolute atomic E-state index is 13.2. The quantitative estimate of drug-likeness (QED) is 0.639. The minimum atomic E-state index is -0.382. The summed E-state index contributed by atoms with van der Waals surface area (Å²) in [5.41, 5.74) is 0.445. The molecule has 0 nitrogen and oxygen atoms in total. The van der Waals surface area contributed by atoms with Gasteiger partial charge < -0.3 is 0 Å². The van der Waals surface area contributed by atoms with Gasteiger partial charge in [0.05, 0.1) is 0 Å². The molecule has 1 rings (SSSR count). The normalized spacial score (nSPS) is 12.8. The van der Waals surface area contributed by atoms with Crippen LogP contribution in [0.2, 0.25) is 0 Å². The molecule has 1 aromatic rings. The lowest BCUT2D eigenvalue weighted by Gasteiger charge is -2.08. The van der Waals surface area contributed by atoms with Crippen LogP contribution in [0.15, 0.2) is 18.2 Å². The highest BCUT2D eigenvalue weighted by atomic mass is 35.5. The maximum atomic E-state index is 13.2. The summed E-state index contributed by atoms with van der Waals surface area (Å²) in [5.74, 6) is -0.713. The molecule has 0 spiro atoms. The lowest BCUT2D eigenvalue weighted by atomic mass is 10.0. The molecular formula is C13H17ClF2. The van der Waals surface area contributed by atoms with Crippen molar-refractivity contribution >= 4 is 11.6 Å². The summed E-state index contributed by atoms with van der Waals surface area (Å²) in [4.78, 5) is 0. The molecule has 0 bridgehead atoms. The first-order valence-electron chi connectivity index (χ1n) is 5.71. The summed E-state index contributed by atoms with van der Waals surface area (Å²) in [7, 11) is 0. The Labute approximate surface area is 101 Å². The highest BCUT2D eigenvalue weighted by Gasteiger charge is 2.06. The molecule has 0 aliphatic carbocycles. The van der Waals surface area contributed by atoms with E-state index in [1.54, 1.807) is 0 Å². The standard InChI is InChI=1S/C13H17ClF2/c1-2-4-11(14)6-3-5-10-9-12(15)7-8-13(10)16/h7-9,11H,2-6H2,1H3. The molecule has 0 N–H and O–H groups in total. The molecule has 1 atom stereocenters. The molecule has 0 amide bonds.